The number of nitrogens with two attached hydrogens (primary N) is 1. The minimum Gasteiger partial charge on any atom is -0.399 e. The van der Waals surface area contributed by atoms with Gasteiger partial charge in [-0.3, -0.25) is 4.79 Å². The molecule has 2 N–H and O–H groups in total. The van der Waals surface area contributed by atoms with E-state index < -0.39 is 0 Å². The summed E-state index contributed by atoms with van der Waals surface area (Å²) in [7, 11) is 0. The molecule has 0 bridgehead atoms. The maximum Gasteiger partial charge on any atom is 0.150 e. The van der Waals surface area contributed by atoms with Crippen molar-refractivity contribution in [3.63, 3.8) is 0 Å². The molecule has 1 aliphatic carbocycles. The van der Waals surface area contributed by atoms with Crippen molar-refractivity contribution in [2.24, 2.45) is 5.73 Å². The molecule has 0 saturated carbocycles. The Labute approximate surface area is 115 Å². The third-order valence-electron chi connectivity index (χ3n) is 2.80. The molecule has 0 amide bonds. The number of carbonyl (C=O) groups excluding carboxylic acids is 1. The summed E-state index contributed by atoms with van der Waals surface area (Å²) in [5.74, 6) is 0. The maximum atomic E-state index is 11.0. The van der Waals surface area contributed by atoms with Crippen LogP contribution >= 0.6 is 0 Å². The van der Waals surface area contributed by atoms with E-state index in [2.05, 4.69) is 18.7 Å². The summed E-state index contributed by atoms with van der Waals surface area (Å²) < 4.78 is 0. The van der Waals surface area contributed by atoms with E-state index in [-0.39, 0.29) is 0 Å². The molecule has 2 nitrogen and oxygen atoms in total. The first-order chi connectivity index (χ1) is 9.27. The lowest BCUT2D eigenvalue weighted by atomic mass is 10.0. The SMILES string of the molecule is C=CC(N)=CCC/C=C/C1=C(C=O)/C=C\CC/C=C\1. The smallest absolute Gasteiger partial charge is 0.150 e. The maximum absolute atomic E-state index is 11.0. The van der Waals surface area contributed by atoms with E-state index in [1.54, 1.807) is 6.08 Å². The summed E-state index contributed by atoms with van der Waals surface area (Å²) in [5.41, 5.74) is 8.02. The van der Waals surface area contributed by atoms with Gasteiger partial charge in [0.2, 0.25) is 0 Å². The van der Waals surface area contributed by atoms with Crippen LogP contribution in [0.1, 0.15) is 25.7 Å². The molecule has 0 atom stereocenters. The minimum atomic E-state index is 0.704. The van der Waals surface area contributed by atoms with Gasteiger partial charge in [-0.1, -0.05) is 49.1 Å². The van der Waals surface area contributed by atoms with Crippen molar-refractivity contribution < 1.29 is 4.79 Å². The molecule has 100 valence electrons. The standard InChI is InChI=1S/C17H21NO/c1-2-17(18)13-9-5-8-11-15-10-6-3-4-7-12-16(15)14-19/h2,6-8,10-14H,1,3-5,9,18H2/b10-6-,11-8+,12-7-,16-15-,17-13?. The highest BCUT2D eigenvalue weighted by Gasteiger charge is 1.98. The van der Waals surface area contributed by atoms with E-state index in [9.17, 15) is 4.79 Å². The highest BCUT2D eigenvalue weighted by Crippen LogP contribution is 2.13. The van der Waals surface area contributed by atoms with E-state index in [4.69, 9.17) is 5.73 Å². The van der Waals surface area contributed by atoms with E-state index in [1.807, 2.05) is 30.4 Å². The molecule has 0 aliphatic heterocycles. The van der Waals surface area contributed by atoms with Crippen molar-refractivity contribution in [2.45, 2.75) is 25.7 Å². The first kappa shape index (κ1) is 15.0. The van der Waals surface area contributed by atoms with Crippen LogP contribution in [0.3, 0.4) is 0 Å². The van der Waals surface area contributed by atoms with Gasteiger partial charge >= 0.3 is 0 Å². The third kappa shape index (κ3) is 5.87. The van der Waals surface area contributed by atoms with Crippen LogP contribution in [0, 0.1) is 0 Å². The molecule has 0 fully saturated rings. The largest absolute Gasteiger partial charge is 0.399 e. The molecule has 0 saturated heterocycles. The zero-order valence-electron chi connectivity index (χ0n) is 11.2. The van der Waals surface area contributed by atoms with Crippen LogP contribution in [0.25, 0.3) is 0 Å². The minimum absolute atomic E-state index is 0.704. The molecular weight excluding hydrogens is 234 g/mol. The fourth-order valence-corrected chi connectivity index (χ4v) is 1.70. The van der Waals surface area contributed by atoms with Gasteiger partial charge < -0.3 is 5.73 Å². The highest BCUT2D eigenvalue weighted by atomic mass is 16.1. The quantitative estimate of drug-likeness (QED) is 0.446. The zero-order valence-corrected chi connectivity index (χ0v) is 11.2. The van der Waals surface area contributed by atoms with Crippen LogP contribution < -0.4 is 5.73 Å². The molecule has 0 aromatic heterocycles. The first-order valence-electron chi connectivity index (χ1n) is 6.55. The molecule has 2 heteroatoms. The molecule has 19 heavy (non-hydrogen) atoms. The van der Waals surface area contributed by atoms with Crippen LogP contribution in [-0.2, 0) is 4.79 Å². The zero-order chi connectivity index (χ0) is 13.9. The second-order valence-corrected chi connectivity index (χ2v) is 4.30. The molecular formula is C17H21NO. The van der Waals surface area contributed by atoms with E-state index in [0.717, 1.165) is 43.1 Å². The van der Waals surface area contributed by atoms with Gasteiger partial charge in [0.1, 0.15) is 0 Å². The Hall–Kier alpha value is -2.09. The Morgan fingerprint density at radius 3 is 2.53 bits per heavy atom. The van der Waals surface area contributed by atoms with Gasteiger partial charge in [0.15, 0.2) is 6.29 Å². The Morgan fingerprint density at radius 2 is 1.89 bits per heavy atom. The summed E-state index contributed by atoms with van der Waals surface area (Å²) in [5, 5.41) is 0. The monoisotopic (exact) mass is 255 g/mol. The van der Waals surface area contributed by atoms with Gasteiger partial charge in [-0.25, -0.2) is 0 Å². The Balaban J connectivity index is 2.66. The van der Waals surface area contributed by atoms with Crippen molar-refractivity contribution >= 4 is 6.29 Å². The Bertz CT molecular complexity index is 462. The molecule has 0 aromatic rings. The number of rotatable bonds is 6. The van der Waals surface area contributed by atoms with Crippen LogP contribution in [0.5, 0.6) is 0 Å². The van der Waals surface area contributed by atoms with Crippen molar-refractivity contribution in [3.05, 3.63) is 72.0 Å². The van der Waals surface area contributed by atoms with E-state index in [0.29, 0.717) is 5.70 Å². The molecule has 0 spiro atoms. The summed E-state index contributed by atoms with van der Waals surface area (Å²) in [6, 6.07) is 0. The van der Waals surface area contributed by atoms with Gasteiger partial charge in [-0.05, 0) is 37.3 Å². The average molecular weight is 255 g/mol. The lowest BCUT2D eigenvalue weighted by Crippen LogP contribution is -1.91. The molecule has 0 aromatic carbocycles. The molecule has 0 radical (unpaired) electrons. The third-order valence-corrected chi connectivity index (χ3v) is 2.80. The van der Waals surface area contributed by atoms with Crippen LogP contribution in [0.15, 0.2) is 72.0 Å². The number of hydrogen-bond acceptors (Lipinski definition) is 2. The van der Waals surface area contributed by atoms with Gasteiger partial charge in [-0.15, -0.1) is 0 Å². The Morgan fingerprint density at radius 1 is 1.21 bits per heavy atom. The van der Waals surface area contributed by atoms with Crippen molar-refractivity contribution in [1.29, 1.82) is 0 Å². The lowest BCUT2D eigenvalue weighted by molar-refractivity contribution is -0.104. The summed E-state index contributed by atoms with van der Waals surface area (Å²) in [6.07, 6.45) is 20.3. The van der Waals surface area contributed by atoms with Gasteiger partial charge in [0.25, 0.3) is 0 Å². The van der Waals surface area contributed by atoms with E-state index >= 15 is 0 Å². The average Bonchev–Trinajstić information content (AvgIpc) is 2.40. The fraction of sp³-hybridized carbons (Fsp3) is 0.235. The number of hydrogen-bond donors (Lipinski definition) is 1. The molecule has 0 heterocycles. The van der Waals surface area contributed by atoms with Gasteiger partial charge in [-0.2, -0.15) is 0 Å². The van der Waals surface area contributed by atoms with E-state index in [1.165, 1.54) is 0 Å². The second-order valence-electron chi connectivity index (χ2n) is 4.30. The predicted molar refractivity (Wildman–Crippen MR) is 81.4 cm³/mol. The van der Waals surface area contributed by atoms with Crippen LogP contribution in [0.4, 0.5) is 0 Å². The van der Waals surface area contributed by atoms with Gasteiger partial charge in [0, 0.05) is 11.3 Å². The topological polar surface area (TPSA) is 43.1 Å². The number of unbranched alkanes of at least 4 members (excludes halogenated alkanes) is 1. The van der Waals surface area contributed by atoms with Crippen LogP contribution in [-0.4, -0.2) is 6.29 Å². The fourth-order valence-electron chi connectivity index (χ4n) is 1.70. The lowest BCUT2D eigenvalue weighted by Gasteiger charge is -2.02. The normalized spacial score (nSPS) is 23.7. The molecule has 0 unspecified atom stereocenters. The van der Waals surface area contributed by atoms with Crippen LogP contribution in [0.2, 0.25) is 0 Å². The second kappa shape index (κ2) is 8.92. The highest BCUT2D eigenvalue weighted by molar-refractivity contribution is 5.81. The summed E-state index contributed by atoms with van der Waals surface area (Å²) >= 11 is 0. The van der Waals surface area contributed by atoms with Crippen molar-refractivity contribution in [3.8, 4) is 0 Å². The van der Waals surface area contributed by atoms with Crippen molar-refractivity contribution in [1.82, 2.24) is 0 Å². The summed E-state index contributed by atoms with van der Waals surface area (Å²) in [6.45, 7) is 3.60. The predicted octanol–water partition coefficient (Wildman–Crippen LogP) is 3.75. The number of aldehydes is 1. The van der Waals surface area contributed by atoms with Gasteiger partial charge in [0.05, 0.1) is 0 Å². The first-order valence-corrected chi connectivity index (χ1v) is 6.55. The molecule has 1 rings (SSSR count). The number of allylic oxidation sites excluding steroid dienone is 10. The number of carbonyl (C=O) groups is 1. The van der Waals surface area contributed by atoms with Crippen molar-refractivity contribution in [2.75, 3.05) is 0 Å². The summed E-state index contributed by atoms with van der Waals surface area (Å²) in [4.78, 5) is 11.0. The molecule has 1 aliphatic rings. The Kier molecular flexibility index (Phi) is 7.03.